The van der Waals surface area contributed by atoms with Gasteiger partial charge >= 0.3 is 5.97 Å². The molecule has 1 unspecified atom stereocenters. The summed E-state index contributed by atoms with van der Waals surface area (Å²) < 4.78 is 6.71. The first-order chi connectivity index (χ1) is 17.1. The minimum absolute atomic E-state index is 0.188. The average Bonchev–Trinajstić information content (AvgIpc) is 3.35. The van der Waals surface area contributed by atoms with Crippen LogP contribution < -0.4 is 4.74 Å². The first kappa shape index (κ1) is 22.7. The quantitative estimate of drug-likeness (QED) is 0.216. The lowest BCUT2D eigenvalue weighted by atomic mass is 9.97. The van der Waals surface area contributed by atoms with Crippen LogP contribution in [0.5, 0.6) is 5.75 Å². The standard InChI is InChI=1S/C29H21BrN2O3/c30-23-17-15-20(16-18-23)26-19-25(31-32(26)28(33)21-9-3-1-4-10-21)24-13-7-8-14-27(24)35-29(34)22-11-5-2-6-12-22/h1-18,26H,19H2. The number of hydrazone groups is 1. The van der Waals surface area contributed by atoms with Gasteiger partial charge in [0, 0.05) is 22.0 Å². The Morgan fingerprint density at radius 2 is 1.37 bits per heavy atom. The number of amides is 1. The van der Waals surface area contributed by atoms with Gasteiger partial charge < -0.3 is 4.74 Å². The second-order valence-electron chi connectivity index (χ2n) is 8.09. The highest BCUT2D eigenvalue weighted by Gasteiger charge is 2.34. The van der Waals surface area contributed by atoms with Crippen molar-refractivity contribution >= 4 is 33.5 Å². The maximum absolute atomic E-state index is 13.4. The Morgan fingerprint density at radius 3 is 2.06 bits per heavy atom. The van der Waals surface area contributed by atoms with E-state index in [1.807, 2.05) is 66.7 Å². The van der Waals surface area contributed by atoms with Crippen LogP contribution in [0.25, 0.3) is 0 Å². The van der Waals surface area contributed by atoms with Crippen molar-refractivity contribution in [2.45, 2.75) is 12.5 Å². The van der Waals surface area contributed by atoms with Crippen LogP contribution >= 0.6 is 15.9 Å². The molecule has 0 spiro atoms. The zero-order valence-corrected chi connectivity index (χ0v) is 20.3. The maximum atomic E-state index is 13.4. The molecule has 0 saturated carbocycles. The van der Waals surface area contributed by atoms with Crippen molar-refractivity contribution in [1.82, 2.24) is 5.01 Å². The third-order valence-electron chi connectivity index (χ3n) is 5.80. The molecule has 172 valence electrons. The Labute approximate surface area is 211 Å². The minimum atomic E-state index is -0.446. The first-order valence-electron chi connectivity index (χ1n) is 11.2. The normalized spacial score (nSPS) is 14.9. The lowest BCUT2D eigenvalue weighted by Gasteiger charge is -2.22. The molecule has 0 aliphatic carbocycles. The maximum Gasteiger partial charge on any atom is 0.343 e. The fourth-order valence-corrected chi connectivity index (χ4v) is 4.31. The second-order valence-corrected chi connectivity index (χ2v) is 9.00. The van der Waals surface area contributed by atoms with Gasteiger partial charge in [-0.3, -0.25) is 4.79 Å². The molecule has 0 radical (unpaired) electrons. The Bertz CT molecular complexity index is 1390. The molecule has 4 aromatic rings. The molecule has 5 rings (SSSR count). The monoisotopic (exact) mass is 524 g/mol. The van der Waals surface area contributed by atoms with Crippen molar-refractivity contribution in [3.05, 3.63) is 136 Å². The third kappa shape index (κ3) is 4.93. The number of ether oxygens (including phenoxy) is 1. The van der Waals surface area contributed by atoms with Crippen LogP contribution in [-0.2, 0) is 0 Å². The van der Waals surface area contributed by atoms with Gasteiger partial charge in [-0.05, 0) is 54.1 Å². The number of carbonyl (C=O) groups excluding carboxylic acids is 2. The van der Waals surface area contributed by atoms with Crippen molar-refractivity contribution in [1.29, 1.82) is 0 Å². The van der Waals surface area contributed by atoms with Gasteiger partial charge in [0.25, 0.3) is 5.91 Å². The van der Waals surface area contributed by atoms with Gasteiger partial charge in [0.1, 0.15) is 5.75 Å². The van der Waals surface area contributed by atoms with Gasteiger partial charge in [0.15, 0.2) is 0 Å². The van der Waals surface area contributed by atoms with Crippen LogP contribution in [0.1, 0.15) is 44.3 Å². The summed E-state index contributed by atoms with van der Waals surface area (Å²) in [6.45, 7) is 0. The van der Waals surface area contributed by atoms with E-state index in [4.69, 9.17) is 9.84 Å². The number of benzene rings is 4. The molecule has 1 aliphatic heterocycles. The number of rotatable bonds is 5. The van der Waals surface area contributed by atoms with Gasteiger partial charge in [-0.15, -0.1) is 0 Å². The van der Waals surface area contributed by atoms with Crippen LogP contribution in [0.4, 0.5) is 0 Å². The van der Waals surface area contributed by atoms with Gasteiger partial charge in [0.05, 0.1) is 17.3 Å². The summed E-state index contributed by atoms with van der Waals surface area (Å²) in [7, 11) is 0. The second kappa shape index (κ2) is 10.1. The van der Waals surface area contributed by atoms with E-state index < -0.39 is 5.97 Å². The molecule has 0 N–H and O–H groups in total. The van der Waals surface area contributed by atoms with E-state index in [1.165, 1.54) is 5.01 Å². The van der Waals surface area contributed by atoms with Gasteiger partial charge in [-0.1, -0.05) is 76.6 Å². The summed E-state index contributed by atoms with van der Waals surface area (Å²) in [5.41, 5.74) is 3.35. The lowest BCUT2D eigenvalue weighted by Crippen LogP contribution is -2.27. The zero-order valence-electron chi connectivity index (χ0n) is 18.7. The summed E-state index contributed by atoms with van der Waals surface area (Å²) in [4.78, 5) is 26.2. The molecule has 1 atom stereocenters. The molecule has 4 aromatic carbocycles. The van der Waals surface area contributed by atoms with E-state index in [0.717, 1.165) is 10.0 Å². The molecule has 5 nitrogen and oxygen atoms in total. The molecule has 6 heteroatoms. The highest BCUT2D eigenvalue weighted by molar-refractivity contribution is 9.10. The molecule has 0 saturated heterocycles. The Kier molecular flexibility index (Phi) is 6.55. The van der Waals surface area contributed by atoms with Gasteiger partial charge in [0.2, 0.25) is 0 Å². The number of carbonyl (C=O) groups is 2. The van der Waals surface area contributed by atoms with Crippen LogP contribution in [0, 0.1) is 0 Å². The van der Waals surface area contributed by atoms with E-state index in [1.54, 1.807) is 42.5 Å². The fourth-order valence-electron chi connectivity index (χ4n) is 4.05. The highest BCUT2D eigenvalue weighted by Crippen LogP contribution is 2.36. The topological polar surface area (TPSA) is 59.0 Å². The van der Waals surface area contributed by atoms with Crippen molar-refractivity contribution < 1.29 is 14.3 Å². The Hall–Kier alpha value is -4.03. The zero-order chi connectivity index (χ0) is 24.2. The van der Waals surface area contributed by atoms with E-state index in [9.17, 15) is 9.59 Å². The van der Waals surface area contributed by atoms with Gasteiger partial charge in [-0.25, -0.2) is 9.80 Å². The number of esters is 1. The molecular formula is C29H21BrN2O3. The van der Waals surface area contributed by atoms with Crippen molar-refractivity contribution in [2.75, 3.05) is 0 Å². The number of hydrogen-bond acceptors (Lipinski definition) is 4. The molecule has 1 aliphatic rings. The largest absolute Gasteiger partial charge is 0.422 e. The summed E-state index contributed by atoms with van der Waals surface area (Å²) in [6, 6.07) is 32.8. The van der Waals surface area contributed by atoms with Crippen LogP contribution in [-0.4, -0.2) is 22.6 Å². The number of halogens is 1. The molecule has 0 bridgehead atoms. The molecular weight excluding hydrogens is 504 g/mol. The SMILES string of the molecule is O=C(Oc1ccccc1C1=NN(C(=O)c2ccccc2)C(c2ccc(Br)cc2)C1)c1ccccc1. The molecule has 0 aromatic heterocycles. The van der Waals surface area contributed by atoms with Crippen molar-refractivity contribution in [2.24, 2.45) is 5.10 Å². The first-order valence-corrected chi connectivity index (χ1v) is 12.0. The molecule has 0 fully saturated rings. The summed E-state index contributed by atoms with van der Waals surface area (Å²) >= 11 is 3.48. The van der Waals surface area contributed by atoms with E-state index in [0.29, 0.717) is 34.6 Å². The van der Waals surface area contributed by atoms with Gasteiger partial charge in [-0.2, -0.15) is 5.10 Å². The van der Waals surface area contributed by atoms with Crippen molar-refractivity contribution in [3.63, 3.8) is 0 Å². The van der Waals surface area contributed by atoms with Crippen LogP contribution in [0.15, 0.2) is 119 Å². The van der Waals surface area contributed by atoms with E-state index in [-0.39, 0.29) is 11.9 Å². The Balaban J connectivity index is 1.50. The lowest BCUT2D eigenvalue weighted by molar-refractivity contribution is 0.0708. The predicted octanol–water partition coefficient (Wildman–Crippen LogP) is 6.66. The third-order valence-corrected chi connectivity index (χ3v) is 6.33. The van der Waals surface area contributed by atoms with E-state index in [2.05, 4.69) is 15.9 Å². The highest BCUT2D eigenvalue weighted by atomic mass is 79.9. The predicted molar refractivity (Wildman–Crippen MR) is 138 cm³/mol. The Morgan fingerprint density at radius 1 is 0.771 bits per heavy atom. The number of nitrogens with zero attached hydrogens (tertiary/aromatic N) is 2. The van der Waals surface area contributed by atoms with E-state index >= 15 is 0 Å². The summed E-state index contributed by atoms with van der Waals surface area (Å²) in [5.74, 6) is -0.228. The van der Waals surface area contributed by atoms with Crippen LogP contribution in [0.3, 0.4) is 0 Å². The number of hydrogen-bond donors (Lipinski definition) is 0. The smallest absolute Gasteiger partial charge is 0.343 e. The average molecular weight is 525 g/mol. The summed E-state index contributed by atoms with van der Waals surface area (Å²) in [5, 5.41) is 6.28. The molecule has 1 amide bonds. The van der Waals surface area contributed by atoms with Crippen LogP contribution in [0.2, 0.25) is 0 Å². The fraction of sp³-hybridized carbons (Fsp3) is 0.0690. The molecule has 35 heavy (non-hydrogen) atoms. The molecule has 1 heterocycles. The van der Waals surface area contributed by atoms with Crippen molar-refractivity contribution in [3.8, 4) is 5.75 Å². The minimum Gasteiger partial charge on any atom is -0.422 e. The summed E-state index contributed by atoms with van der Waals surface area (Å²) in [6.07, 6.45) is 0.486. The number of para-hydroxylation sites is 1.